The quantitative estimate of drug-likeness (QED) is 0.354. The number of pyridine rings is 1. The zero-order valence-corrected chi connectivity index (χ0v) is 17.0. The minimum absolute atomic E-state index is 0.0702. The molecule has 0 aliphatic heterocycles. The van der Waals surface area contributed by atoms with E-state index in [1.165, 1.54) is 6.20 Å². The molecule has 30 heavy (non-hydrogen) atoms. The van der Waals surface area contributed by atoms with Crippen LogP contribution in [0, 0.1) is 11.2 Å². The van der Waals surface area contributed by atoms with Crippen LogP contribution in [-0.4, -0.2) is 21.7 Å². The first-order valence-electron chi connectivity index (χ1n) is 8.77. The van der Waals surface area contributed by atoms with Crippen LogP contribution in [0.4, 0.5) is 4.39 Å². The van der Waals surface area contributed by atoms with Crippen molar-refractivity contribution in [2.45, 2.75) is 6.04 Å². The van der Waals surface area contributed by atoms with Crippen LogP contribution >= 0.6 is 23.2 Å². The Morgan fingerprint density at radius 1 is 1.10 bits per heavy atom. The minimum atomic E-state index is -1.00. The topological polar surface area (TPSA) is 86.1 Å². The highest BCUT2D eigenvalue weighted by Gasteiger charge is 2.23. The van der Waals surface area contributed by atoms with Gasteiger partial charge in [-0.1, -0.05) is 65.7 Å². The first kappa shape index (κ1) is 21.5. The van der Waals surface area contributed by atoms with Crippen molar-refractivity contribution in [3.05, 3.63) is 106 Å². The van der Waals surface area contributed by atoms with Crippen molar-refractivity contribution in [1.82, 2.24) is 10.3 Å². The largest absolute Gasteiger partial charge is 0.507 e. The highest BCUT2D eigenvalue weighted by Crippen LogP contribution is 2.26. The van der Waals surface area contributed by atoms with E-state index in [9.17, 15) is 14.3 Å². The molecule has 0 saturated heterocycles. The zero-order chi connectivity index (χ0) is 21.7. The van der Waals surface area contributed by atoms with E-state index in [1.807, 2.05) is 0 Å². The summed E-state index contributed by atoms with van der Waals surface area (Å²) in [5, 5.41) is 21.3. The number of carbonyl (C=O) groups excluding carboxylic acids is 1. The van der Waals surface area contributed by atoms with Gasteiger partial charge in [0.05, 0.1) is 11.1 Å². The second kappa shape index (κ2) is 9.52. The van der Waals surface area contributed by atoms with E-state index in [4.69, 9.17) is 28.6 Å². The van der Waals surface area contributed by atoms with Gasteiger partial charge in [-0.2, -0.15) is 0 Å². The van der Waals surface area contributed by atoms with Crippen molar-refractivity contribution in [3.8, 4) is 0 Å². The number of carbonyl (C=O) groups is 1. The second-order valence-corrected chi connectivity index (χ2v) is 7.16. The van der Waals surface area contributed by atoms with Gasteiger partial charge in [-0.25, -0.2) is 4.39 Å². The number of nitrogens with one attached hydrogen (secondary N) is 2. The molecule has 0 spiro atoms. The summed E-state index contributed by atoms with van der Waals surface area (Å²) >= 11 is 11.7. The van der Waals surface area contributed by atoms with Gasteiger partial charge in [-0.05, 0) is 23.8 Å². The molecule has 0 unspecified atom stereocenters. The molecular weight excluding hydrogens is 428 g/mol. The molecule has 0 fully saturated rings. The number of nitrogens with zero attached hydrogens (tertiary/aromatic N) is 1. The van der Waals surface area contributed by atoms with Gasteiger partial charge in [0.15, 0.2) is 0 Å². The zero-order valence-electron chi connectivity index (χ0n) is 15.4. The van der Waals surface area contributed by atoms with Crippen molar-refractivity contribution < 1.29 is 14.3 Å². The van der Waals surface area contributed by atoms with E-state index in [0.29, 0.717) is 16.1 Å². The number of hydrogen-bond donors (Lipinski definition) is 3. The molecule has 3 N–H and O–H groups in total. The Balaban J connectivity index is 1.89. The predicted molar refractivity (Wildman–Crippen MR) is 115 cm³/mol. The lowest BCUT2D eigenvalue weighted by atomic mass is 10.0. The average molecular weight is 444 g/mol. The van der Waals surface area contributed by atoms with Crippen LogP contribution in [0.15, 0.2) is 72.9 Å². The number of aromatic nitrogens is 1. The van der Waals surface area contributed by atoms with Gasteiger partial charge in [0.25, 0.3) is 5.91 Å². The Hall–Kier alpha value is -3.22. The third-order valence-electron chi connectivity index (χ3n) is 4.18. The van der Waals surface area contributed by atoms with Crippen molar-refractivity contribution in [1.29, 1.82) is 5.41 Å². The smallest absolute Gasteiger partial charge is 0.270 e. The first-order valence-corrected chi connectivity index (χ1v) is 9.52. The SMILES string of the molecule is N=C(/C=C(\O)c1ccccc1)C(=O)N[C@@H](c1ccc(Cl)cc1)c1ncc(Cl)cc1F. The molecule has 0 saturated carbocycles. The highest BCUT2D eigenvalue weighted by atomic mass is 35.5. The Bertz CT molecular complexity index is 1100. The van der Waals surface area contributed by atoms with E-state index in [1.54, 1.807) is 54.6 Å². The monoisotopic (exact) mass is 443 g/mol. The fraction of sp³-hybridized carbons (Fsp3) is 0.0455. The number of benzene rings is 2. The van der Waals surface area contributed by atoms with E-state index in [2.05, 4.69) is 10.3 Å². The summed E-state index contributed by atoms with van der Waals surface area (Å²) in [6.07, 6.45) is 2.29. The predicted octanol–water partition coefficient (Wildman–Crippen LogP) is 5.35. The Kier molecular flexibility index (Phi) is 6.82. The third-order valence-corrected chi connectivity index (χ3v) is 4.64. The molecule has 1 amide bonds. The van der Waals surface area contributed by atoms with E-state index >= 15 is 0 Å². The Labute approximate surface area is 182 Å². The van der Waals surface area contributed by atoms with E-state index < -0.39 is 23.5 Å². The van der Waals surface area contributed by atoms with Crippen LogP contribution in [0.5, 0.6) is 0 Å². The number of halogens is 3. The molecule has 1 aromatic heterocycles. The lowest BCUT2D eigenvalue weighted by Gasteiger charge is -2.19. The van der Waals surface area contributed by atoms with Gasteiger partial charge in [-0.3, -0.25) is 15.2 Å². The van der Waals surface area contributed by atoms with Gasteiger partial charge in [0.2, 0.25) is 0 Å². The van der Waals surface area contributed by atoms with Crippen LogP contribution in [0.3, 0.4) is 0 Å². The molecule has 3 rings (SSSR count). The first-order chi connectivity index (χ1) is 14.3. The molecule has 0 bridgehead atoms. The van der Waals surface area contributed by atoms with Gasteiger partial charge in [-0.15, -0.1) is 0 Å². The lowest BCUT2D eigenvalue weighted by Crippen LogP contribution is -2.35. The lowest BCUT2D eigenvalue weighted by molar-refractivity contribution is -0.115. The van der Waals surface area contributed by atoms with Crippen LogP contribution in [-0.2, 0) is 4.79 Å². The maximum atomic E-state index is 14.5. The van der Waals surface area contributed by atoms with Crippen LogP contribution in [0.25, 0.3) is 5.76 Å². The fourth-order valence-electron chi connectivity index (χ4n) is 2.71. The maximum absolute atomic E-state index is 14.5. The molecule has 1 heterocycles. The number of hydrogen-bond acceptors (Lipinski definition) is 4. The fourth-order valence-corrected chi connectivity index (χ4v) is 2.98. The number of amides is 1. The Morgan fingerprint density at radius 2 is 1.77 bits per heavy atom. The van der Waals surface area contributed by atoms with Gasteiger partial charge in [0, 0.05) is 22.9 Å². The van der Waals surface area contributed by atoms with Crippen molar-refractivity contribution in [3.63, 3.8) is 0 Å². The summed E-state index contributed by atoms with van der Waals surface area (Å²) in [5.41, 5.74) is 0.379. The summed E-state index contributed by atoms with van der Waals surface area (Å²) in [7, 11) is 0. The minimum Gasteiger partial charge on any atom is -0.507 e. The molecule has 152 valence electrons. The van der Waals surface area contributed by atoms with Crippen LogP contribution in [0.2, 0.25) is 10.0 Å². The average Bonchev–Trinajstić information content (AvgIpc) is 2.73. The van der Waals surface area contributed by atoms with E-state index in [-0.39, 0.29) is 16.5 Å². The molecule has 0 radical (unpaired) electrons. The van der Waals surface area contributed by atoms with Crippen molar-refractivity contribution in [2.24, 2.45) is 0 Å². The van der Waals surface area contributed by atoms with Gasteiger partial charge in [0.1, 0.15) is 23.0 Å². The maximum Gasteiger partial charge on any atom is 0.270 e. The normalized spacial score (nSPS) is 12.3. The molecule has 8 heteroatoms. The molecule has 1 atom stereocenters. The summed E-state index contributed by atoms with van der Waals surface area (Å²) in [4.78, 5) is 16.6. The van der Waals surface area contributed by atoms with Crippen LogP contribution in [0.1, 0.15) is 22.9 Å². The van der Waals surface area contributed by atoms with Gasteiger partial charge >= 0.3 is 0 Å². The molecule has 0 aliphatic carbocycles. The van der Waals surface area contributed by atoms with Crippen molar-refractivity contribution in [2.75, 3.05) is 0 Å². The summed E-state index contributed by atoms with van der Waals surface area (Å²) in [6.45, 7) is 0. The standard InChI is InChI=1S/C22H16Cl2FN3O2/c23-15-8-6-14(7-9-15)20(21-17(25)10-16(24)12-27-21)28-22(30)18(26)11-19(29)13-4-2-1-3-5-13/h1-12,20,26,29H,(H,28,30)/b19-11-,26-18?/t20-/m0/s1. The molecule has 5 nitrogen and oxygen atoms in total. The van der Waals surface area contributed by atoms with E-state index in [0.717, 1.165) is 12.1 Å². The number of aliphatic hydroxyl groups excluding tert-OH is 1. The highest BCUT2D eigenvalue weighted by molar-refractivity contribution is 6.43. The summed E-state index contributed by atoms with van der Waals surface area (Å²) < 4.78 is 14.5. The molecule has 2 aromatic carbocycles. The second-order valence-electron chi connectivity index (χ2n) is 6.29. The third kappa shape index (κ3) is 5.23. The Morgan fingerprint density at radius 3 is 2.40 bits per heavy atom. The van der Waals surface area contributed by atoms with Gasteiger partial charge < -0.3 is 10.4 Å². The molecule has 3 aromatic rings. The molecule has 0 aliphatic rings. The molecular formula is C22H16Cl2FN3O2. The number of rotatable bonds is 6. The van der Waals surface area contributed by atoms with Crippen LogP contribution < -0.4 is 5.32 Å². The summed E-state index contributed by atoms with van der Waals surface area (Å²) in [6, 6.07) is 15.0. The number of aliphatic hydroxyl groups is 1. The summed E-state index contributed by atoms with van der Waals surface area (Å²) in [5.74, 6) is -1.78. The van der Waals surface area contributed by atoms with Crippen molar-refractivity contribution >= 4 is 40.6 Å².